The van der Waals surface area contributed by atoms with Gasteiger partial charge in [0, 0.05) is 5.02 Å². The highest BCUT2D eigenvalue weighted by atomic mass is 35.5. The van der Waals surface area contributed by atoms with Gasteiger partial charge in [0.25, 0.3) is 11.8 Å². The number of hydrogen-bond acceptors (Lipinski definition) is 3. The molecule has 1 N–H and O–H groups in total. The predicted molar refractivity (Wildman–Crippen MR) is 81.8 cm³/mol. The number of carbonyl (C=O) groups is 3. The number of nitrogens with zero attached hydrogens (tertiary/aromatic N) is 1. The normalized spacial score (nSPS) is 13.2. The Bertz CT molecular complexity index is 803. The Balaban J connectivity index is 1.74. The topological polar surface area (TPSA) is 66.5 Å². The van der Waals surface area contributed by atoms with Crippen LogP contribution in [-0.2, 0) is 4.79 Å². The summed E-state index contributed by atoms with van der Waals surface area (Å²) in [6, 6.07) is 10.1. The fourth-order valence-electron chi connectivity index (χ4n) is 2.31. The Morgan fingerprint density at radius 3 is 2.26 bits per heavy atom. The van der Waals surface area contributed by atoms with Gasteiger partial charge in [-0.3, -0.25) is 19.3 Å². The minimum atomic E-state index is -0.701. The number of imide groups is 1. The second kappa shape index (κ2) is 5.81. The molecule has 0 aliphatic carbocycles. The van der Waals surface area contributed by atoms with Crippen LogP contribution in [0, 0.1) is 5.82 Å². The van der Waals surface area contributed by atoms with Crippen molar-refractivity contribution in [2.24, 2.45) is 0 Å². The van der Waals surface area contributed by atoms with E-state index in [0.717, 1.165) is 11.0 Å². The molecule has 0 atom stereocenters. The Hall–Kier alpha value is -2.73. The van der Waals surface area contributed by atoms with Gasteiger partial charge in [-0.05, 0) is 30.3 Å². The fourth-order valence-corrected chi connectivity index (χ4v) is 2.47. The zero-order valence-corrected chi connectivity index (χ0v) is 12.4. The number of halogens is 2. The summed E-state index contributed by atoms with van der Waals surface area (Å²) in [4.78, 5) is 37.1. The third kappa shape index (κ3) is 2.80. The van der Waals surface area contributed by atoms with E-state index in [1.165, 1.54) is 24.3 Å². The monoisotopic (exact) mass is 332 g/mol. The summed E-state index contributed by atoms with van der Waals surface area (Å²) in [5.41, 5.74) is 0.432. The molecule has 2 aromatic carbocycles. The molecule has 0 bridgehead atoms. The summed E-state index contributed by atoms with van der Waals surface area (Å²) in [7, 11) is 0. The van der Waals surface area contributed by atoms with Crippen molar-refractivity contribution in [1.82, 2.24) is 4.90 Å². The molecule has 1 aliphatic rings. The van der Waals surface area contributed by atoms with Crippen LogP contribution in [0.3, 0.4) is 0 Å². The molecule has 0 unspecified atom stereocenters. The molecule has 5 nitrogen and oxygen atoms in total. The first-order valence-corrected chi connectivity index (χ1v) is 7.05. The van der Waals surface area contributed by atoms with E-state index in [9.17, 15) is 18.8 Å². The van der Waals surface area contributed by atoms with E-state index in [0.29, 0.717) is 0 Å². The van der Waals surface area contributed by atoms with E-state index >= 15 is 0 Å². The van der Waals surface area contributed by atoms with Crippen LogP contribution in [0.2, 0.25) is 5.02 Å². The van der Waals surface area contributed by atoms with Crippen LogP contribution in [-0.4, -0.2) is 29.2 Å². The highest BCUT2D eigenvalue weighted by molar-refractivity contribution is 6.30. The van der Waals surface area contributed by atoms with E-state index in [2.05, 4.69) is 5.32 Å². The van der Waals surface area contributed by atoms with Gasteiger partial charge in [0.05, 0.1) is 16.8 Å². The second-order valence-corrected chi connectivity index (χ2v) is 5.35. The van der Waals surface area contributed by atoms with E-state index < -0.39 is 30.1 Å². The Kier molecular flexibility index (Phi) is 3.83. The third-order valence-electron chi connectivity index (χ3n) is 3.39. The van der Waals surface area contributed by atoms with Crippen molar-refractivity contribution in [3.05, 3.63) is 64.4 Å². The summed E-state index contributed by atoms with van der Waals surface area (Å²) >= 11 is 5.63. The SMILES string of the molecule is O=C(CN1C(=O)c2ccccc2C1=O)Nc1ccc(Cl)cc1F. The fraction of sp³-hybridized carbons (Fsp3) is 0.0625. The first kappa shape index (κ1) is 15.2. The average molecular weight is 333 g/mol. The molecule has 0 spiro atoms. The van der Waals surface area contributed by atoms with Gasteiger partial charge in [-0.2, -0.15) is 0 Å². The Morgan fingerprint density at radius 2 is 1.70 bits per heavy atom. The largest absolute Gasteiger partial charge is 0.322 e. The van der Waals surface area contributed by atoms with Gasteiger partial charge >= 0.3 is 0 Å². The molecular weight excluding hydrogens is 323 g/mol. The van der Waals surface area contributed by atoms with Gasteiger partial charge in [0.15, 0.2) is 0 Å². The van der Waals surface area contributed by atoms with E-state index in [1.54, 1.807) is 12.1 Å². The van der Waals surface area contributed by atoms with Crippen LogP contribution >= 0.6 is 11.6 Å². The van der Waals surface area contributed by atoms with Gasteiger partial charge in [-0.1, -0.05) is 23.7 Å². The number of fused-ring (bicyclic) bond motifs is 1. The molecule has 0 saturated carbocycles. The van der Waals surface area contributed by atoms with Crippen molar-refractivity contribution in [2.75, 3.05) is 11.9 Å². The van der Waals surface area contributed by atoms with Crippen LogP contribution in [0.15, 0.2) is 42.5 Å². The molecule has 0 radical (unpaired) electrons. The summed E-state index contributed by atoms with van der Waals surface area (Å²) in [6.45, 7) is -0.492. The number of nitrogens with one attached hydrogen (secondary N) is 1. The molecule has 0 aromatic heterocycles. The predicted octanol–water partition coefficient (Wildman–Crippen LogP) is 2.71. The molecule has 0 fully saturated rings. The number of amides is 3. The zero-order chi connectivity index (χ0) is 16.6. The highest BCUT2D eigenvalue weighted by Crippen LogP contribution is 2.23. The number of hydrogen-bond donors (Lipinski definition) is 1. The maximum absolute atomic E-state index is 13.6. The van der Waals surface area contributed by atoms with E-state index in [1.807, 2.05) is 0 Å². The maximum Gasteiger partial charge on any atom is 0.262 e. The van der Waals surface area contributed by atoms with E-state index in [4.69, 9.17) is 11.6 Å². The summed E-state index contributed by atoms with van der Waals surface area (Å²) in [6.07, 6.45) is 0. The lowest BCUT2D eigenvalue weighted by Crippen LogP contribution is -2.37. The zero-order valence-electron chi connectivity index (χ0n) is 11.7. The quantitative estimate of drug-likeness (QED) is 0.879. The van der Waals surface area contributed by atoms with Crippen molar-refractivity contribution in [3.63, 3.8) is 0 Å². The van der Waals surface area contributed by atoms with Crippen LogP contribution in [0.1, 0.15) is 20.7 Å². The Labute approximate surface area is 135 Å². The van der Waals surface area contributed by atoms with Crippen molar-refractivity contribution in [1.29, 1.82) is 0 Å². The highest BCUT2D eigenvalue weighted by Gasteiger charge is 2.36. The van der Waals surface area contributed by atoms with Crippen LogP contribution in [0.5, 0.6) is 0 Å². The summed E-state index contributed by atoms with van der Waals surface area (Å²) in [5, 5.41) is 2.51. The van der Waals surface area contributed by atoms with Gasteiger partial charge in [0.2, 0.25) is 5.91 Å². The van der Waals surface area contributed by atoms with Gasteiger partial charge < -0.3 is 5.32 Å². The van der Waals surface area contributed by atoms with Crippen LogP contribution in [0.4, 0.5) is 10.1 Å². The number of carbonyl (C=O) groups excluding carboxylic acids is 3. The maximum atomic E-state index is 13.6. The van der Waals surface area contributed by atoms with Crippen molar-refractivity contribution < 1.29 is 18.8 Å². The lowest BCUT2D eigenvalue weighted by Gasteiger charge is -2.14. The molecule has 116 valence electrons. The molecule has 0 saturated heterocycles. The lowest BCUT2D eigenvalue weighted by atomic mass is 10.1. The van der Waals surface area contributed by atoms with Gasteiger partial charge in [0.1, 0.15) is 12.4 Å². The number of benzene rings is 2. The standard InChI is InChI=1S/C16H10ClFN2O3/c17-9-5-6-13(12(18)7-9)19-14(21)8-20-15(22)10-3-1-2-4-11(10)16(20)23/h1-7H,8H2,(H,19,21). The molecule has 3 rings (SSSR count). The minimum Gasteiger partial charge on any atom is -0.322 e. The van der Waals surface area contributed by atoms with Crippen molar-refractivity contribution in [2.45, 2.75) is 0 Å². The lowest BCUT2D eigenvalue weighted by molar-refractivity contribution is -0.116. The molecule has 1 aliphatic heterocycles. The second-order valence-electron chi connectivity index (χ2n) is 4.91. The molecule has 2 aromatic rings. The van der Waals surface area contributed by atoms with Crippen LogP contribution in [0.25, 0.3) is 0 Å². The van der Waals surface area contributed by atoms with Crippen LogP contribution < -0.4 is 5.32 Å². The van der Waals surface area contributed by atoms with Gasteiger partial charge in [-0.15, -0.1) is 0 Å². The first-order chi connectivity index (χ1) is 11.0. The molecule has 23 heavy (non-hydrogen) atoms. The minimum absolute atomic E-state index is 0.0731. The summed E-state index contributed by atoms with van der Waals surface area (Å²) < 4.78 is 13.6. The smallest absolute Gasteiger partial charge is 0.262 e. The molecule has 1 heterocycles. The van der Waals surface area contributed by atoms with E-state index in [-0.39, 0.29) is 21.8 Å². The Morgan fingerprint density at radius 1 is 1.09 bits per heavy atom. The first-order valence-electron chi connectivity index (χ1n) is 6.67. The molecule has 7 heteroatoms. The molecule has 3 amide bonds. The average Bonchev–Trinajstić information content (AvgIpc) is 2.76. The molecular formula is C16H10ClFN2O3. The number of anilines is 1. The summed E-state index contributed by atoms with van der Waals surface area (Å²) in [5.74, 6) is -2.47. The van der Waals surface area contributed by atoms with Gasteiger partial charge in [-0.25, -0.2) is 4.39 Å². The third-order valence-corrected chi connectivity index (χ3v) is 3.62. The van der Waals surface area contributed by atoms with Crippen molar-refractivity contribution >= 4 is 35.0 Å². The number of rotatable bonds is 3. The van der Waals surface area contributed by atoms with Crippen molar-refractivity contribution in [3.8, 4) is 0 Å².